The largest absolute Gasteiger partial charge is 0.497 e. The maximum absolute atomic E-state index is 13.6. The van der Waals surface area contributed by atoms with Crippen LogP contribution in [-0.2, 0) is 6.54 Å². The van der Waals surface area contributed by atoms with Crippen LogP contribution in [0.25, 0.3) is 10.9 Å². The van der Waals surface area contributed by atoms with E-state index < -0.39 is 0 Å². The summed E-state index contributed by atoms with van der Waals surface area (Å²) in [4.78, 5) is 16.9. The van der Waals surface area contributed by atoms with Crippen molar-refractivity contribution >= 4 is 16.8 Å². The Bertz CT molecular complexity index is 909. The standard InChI is InChI=1S/C19H17FN2O2/c1-12-16(9-13-7-8-15(24-2)10-18(13)22-12)19(23)21-11-14-5-3-4-6-17(14)20/h3-10H,11H2,1-2H3,(H,21,23). The molecule has 0 spiro atoms. The second kappa shape index (κ2) is 6.66. The zero-order chi connectivity index (χ0) is 17.1. The van der Waals surface area contributed by atoms with Crippen LogP contribution in [0.2, 0.25) is 0 Å². The lowest BCUT2D eigenvalue weighted by atomic mass is 10.1. The molecule has 0 atom stereocenters. The summed E-state index contributed by atoms with van der Waals surface area (Å²) in [5.41, 5.74) is 2.30. The van der Waals surface area contributed by atoms with Crippen molar-refractivity contribution in [2.75, 3.05) is 7.11 Å². The molecule has 3 aromatic rings. The number of nitrogens with one attached hydrogen (secondary N) is 1. The average Bonchev–Trinajstić information content (AvgIpc) is 2.59. The number of aromatic nitrogens is 1. The fourth-order valence-electron chi connectivity index (χ4n) is 2.51. The summed E-state index contributed by atoms with van der Waals surface area (Å²) in [6.07, 6.45) is 0. The monoisotopic (exact) mass is 324 g/mol. The number of benzene rings is 2. The predicted octanol–water partition coefficient (Wildman–Crippen LogP) is 3.62. The van der Waals surface area contributed by atoms with Gasteiger partial charge in [0.1, 0.15) is 11.6 Å². The molecule has 5 heteroatoms. The minimum atomic E-state index is -0.335. The quantitative estimate of drug-likeness (QED) is 0.797. The number of methoxy groups -OCH3 is 1. The summed E-state index contributed by atoms with van der Waals surface area (Å²) in [6, 6.07) is 13.7. The molecule has 1 heterocycles. The lowest BCUT2D eigenvalue weighted by molar-refractivity contribution is 0.0949. The van der Waals surface area contributed by atoms with Crippen LogP contribution in [0.15, 0.2) is 48.5 Å². The number of hydrogen-bond acceptors (Lipinski definition) is 3. The molecular formula is C19H17FN2O2. The topological polar surface area (TPSA) is 51.2 Å². The molecular weight excluding hydrogens is 307 g/mol. The number of fused-ring (bicyclic) bond motifs is 1. The minimum absolute atomic E-state index is 0.131. The zero-order valence-corrected chi connectivity index (χ0v) is 13.5. The molecule has 1 N–H and O–H groups in total. The molecule has 0 saturated heterocycles. The molecule has 2 aromatic carbocycles. The average molecular weight is 324 g/mol. The van der Waals surface area contributed by atoms with Gasteiger partial charge in [-0.1, -0.05) is 18.2 Å². The van der Waals surface area contributed by atoms with Gasteiger partial charge in [0.05, 0.1) is 23.9 Å². The van der Waals surface area contributed by atoms with Gasteiger partial charge in [-0.2, -0.15) is 0 Å². The van der Waals surface area contributed by atoms with E-state index in [1.165, 1.54) is 6.07 Å². The maximum Gasteiger partial charge on any atom is 0.253 e. The molecule has 0 unspecified atom stereocenters. The molecule has 122 valence electrons. The van der Waals surface area contributed by atoms with E-state index in [-0.39, 0.29) is 18.3 Å². The Morgan fingerprint density at radius 2 is 2.00 bits per heavy atom. The number of ether oxygens (including phenoxy) is 1. The van der Waals surface area contributed by atoms with Crippen molar-refractivity contribution in [2.24, 2.45) is 0 Å². The summed E-state index contributed by atoms with van der Waals surface area (Å²) < 4.78 is 18.8. The first-order valence-electron chi connectivity index (χ1n) is 7.55. The van der Waals surface area contributed by atoms with Crippen LogP contribution in [0.1, 0.15) is 21.6 Å². The van der Waals surface area contributed by atoms with Crippen LogP contribution in [0, 0.1) is 12.7 Å². The Balaban J connectivity index is 1.84. The predicted molar refractivity (Wildman–Crippen MR) is 90.6 cm³/mol. The fourth-order valence-corrected chi connectivity index (χ4v) is 2.51. The smallest absolute Gasteiger partial charge is 0.253 e. The second-order valence-electron chi connectivity index (χ2n) is 5.45. The lowest BCUT2D eigenvalue weighted by Crippen LogP contribution is -2.24. The summed E-state index contributed by atoms with van der Waals surface area (Å²) in [7, 11) is 1.60. The number of aryl methyl sites for hydroxylation is 1. The Kier molecular flexibility index (Phi) is 4.42. The van der Waals surface area contributed by atoms with E-state index in [2.05, 4.69) is 10.3 Å². The number of halogens is 1. The molecule has 24 heavy (non-hydrogen) atoms. The van der Waals surface area contributed by atoms with E-state index >= 15 is 0 Å². The fraction of sp³-hybridized carbons (Fsp3) is 0.158. The Hall–Kier alpha value is -2.95. The third kappa shape index (κ3) is 3.20. The van der Waals surface area contributed by atoms with Crippen LogP contribution in [0.5, 0.6) is 5.75 Å². The van der Waals surface area contributed by atoms with Crippen LogP contribution in [-0.4, -0.2) is 18.0 Å². The van der Waals surface area contributed by atoms with Crippen molar-refractivity contribution in [2.45, 2.75) is 13.5 Å². The van der Waals surface area contributed by atoms with Gasteiger partial charge < -0.3 is 10.1 Å². The van der Waals surface area contributed by atoms with E-state index in [0.29, 0.717) is 22.6 Å². The molecule has 4 nitrogen and oxygen atoms in total. The SMILES string of the molecule is COc1ccc2cc(C(=O)NCc3ccccc3F)c(C)nc2c1. The van der Waals surface area contributed by atoms with Crippen LogP contribution >= 0.6 is 0 Å². The highest BCUT2D eigenvalue weighted by molar-refractivity contribution is 5.98. The van der Waals surface area contributed by atoms with Gasteiger partial charge in [0.2, 0.25) is 0 Å². The first-order chi connectivity index (χ1) is 11.6. The summed E-state index contributed by atoms with van der Waals surface area (Å²) in [5.74, 6) is 0.102. The molecule has 0 aliphatic heterocycles. The Morgan fingerprint density at radius 3 is 2.75 bits per heavy atom. The van der Waals surface area contributed by atoms with Gasteiger partial charge in [-0.25, -0.2) is 4.39 Å². The van der Waals surface area contributed by atoms with Gasteiger partial charge in [-0.3, -0.25) is 9.78 Å². The van der Waals surface area contributed by atoms with Crippen molar-refractivity contribution in [3.8, 4) is 5.75 Å². The summed E-state index contributed by atoms with van der Waals surface area (Å²) >= 11 is 0. The maximum atomic E-state index is 13.6. The number of hydrogen-bond donors (Lipinski definition) is 1. The number of pyridine rings is 1. The molecule has 0 aliphatic carbocycles. The van der Waals surface area contributed by atoms with E-state index in [4.69, 9.17) is 4.74 Å². The summed E-state index contributed by atoms with van der Waals surface area (Å²) in [5, 5.41) is 3.59. The Labute approximate surface area is 139 Å². The first-order valence-corrected chi connectivity index (χ1v) is 7.55. The highest BCUT2D eigenvalue weighted by atomic mass is 19.1. The first kappa shape index (κ1) is 15.9. The number of carbonyl (C=O) groups is 1. The number of amides is 1. The normalized spacial score (nSPS) is 10.6. The van der Waals surface area contributed by atoms with Gasteiger partial charge in [-0.05, 0) is 31.2 Å². The van der Waals surface area contributed by atoms with E-state index in [1.54, 1.807) is 38.3 Å². The molecule has 0 bridgehead atoms. The van der Waals surface area contributed by atoms with Gasteiger partial charge in [0.15, 0.2) is 0 Å². The van der Waals surface area contributed by atoms with Gasteiger partial charge >= 0.3 is 0 Å². The summed E-state index contributed by atoms with van der Waals surface area (Å²) in [6.45, 7) is 1.91. The highest BCUT2D eigenvalue weighted by Gasteiger charge is 2.12. The van der Waals surface area contributed by atoms with Crippen LogP contribution < -0.4 is 10.1 Å². The molecule has 1 aromatic heterocycles. The lowest BCUT2D eigenvalue weighted by Gasteiger charge is -2.10. The van der Waals surface area contributed by atoms with Gasteiger partial charge in [-0.15, -0.1) is 0 Å². The second-order valence-corrected chi connectivity index (χ2v) is 5.45. The van der Waals surface area contributed by atoms with Crippen molar-refractivity contribution in [3.63, 3.8) is 0 Å². The third-order valence-corrected chi connectivity index (χ3v) is 3.86. The highest BCUT2D eigenvalue weighted by Crippen LogP contribution is 2.21. The third-order valence-electron chi connectivity index (χ3n) is 3.86. The molecule has 0 saturated carbocycles. The molecule has 3 rings (SSSR count). The van der Waals surface area contributed by atoms with E-state index in [1.807, 2.05) is 18.2 Å². The van der Waals surface area contributed by atoms with Crippen molar-refractivity contribution in [3.05, 3.63) is 71.2 Å². The molecule has 0 radical (unpaired) electrons. The molecule has 0 fully saturated rings. The van der Waals surface area contributed by atoms with Gasteiger partial charge in [0, 0.05) is 23.6 Å². The van der Waals surface area contributed by atoms with E-state index in [9.17, 15) is 9.18 Å². The minimum Gasteiger partial charge on any atom is -0.497 e. The number of carbonyl (C=O) groups excluding carboxylic acids is 1. The van der Waals surface area contributed by atoms with Gasteiger partial charge in [0.25, 0.3) is 5.91 Å². The Morgan fingerprint density at radius 1 is 1.21 bits per heavy atom. The van der Waals surface area contributed by atoms with Crippen molar-refractivity contribution < 1.29 is 13.9 Å². The van der Waals surface area contributed by atoms with Crippen LogP contribution in [0.4, 0.5) is 4.39 Å². The molecule has 0 aliphatic rings. The number of nitrogens with zero attached hydrogens (tertiary/aromatic N) is 1. The zero-order valence-electron chi connectivity index (χ0n) is 13.5. The number of rotatable bonds is 4. The van der Waals surface area contributed by atoms with Crippen LogP contribution in [0.3, 0.4) is 0 Å². The molecule has 1 amide bonds. The van der Waals surface area contributed by atoms with Crippen molar-refractivity contribution in [1.82, 2.24) is 10.3 Å². The van der Waals surface area contributed by atoms with Crippen molar-refractivity contribution in [1.29, 1.82) is 0 Å². The van der Waals surface area contributed by atoms with E-state index in [0.717, 1.165) is 10.9 Å².